The fourth-order valence-corrected chi connectivity index (χ4v) is 6.38. The minimum absolute atomic E-state index is 0.161. The van der Waals surface area contributed by atoms with Crippen molar-refractivity contribution in [1.29, 1.82) is 0 Å². The summed E-state index contributed by atoms with van der Waals surface area (Å²) in [6.45, 7) is 9.98. The molecule has 6 nitrogen and oxygen atoms in total. The van der Waals surface area contributed by atoms with Crippen molar-refractivity contribution in [3.8, 4) is 11.3 Å². The highest BCUT2D eigenvalue weighted by Crippen LogP contribution is 2.32. The lowest BCUT2D eigenvalue weighted by Crippen LogP contribution is -2.51. The van der Waals surface area contributed by atoms with Crippen LogP contribution in [0.1, 0.15) is 44.2 Å². The number of piperazine rings is 1. The van der Waals surface area contributed by atoms with Gasteiger partial charge >= 0.3 is 0 Å². The first-order chi connectivity index (χ1) is 19.2. The molecular weight excluding hydrogens is 489 g/mol. The summed E-state index contributed by atoms with van der Waals surface area (Å²) in [6, 6.07) is 18.9. The van der Waals surface area contributed by atoms with Gasteiger partial charge < -0.3 is 9.30 Å². The third kappa shape index (κ3) is 5.96. The highest BCUT2D eigenvalue weighted by atomic mass is 19.1. The van der Waals surface area contributed by atoms with E-state index in [1.807, 2.05) is 18.3 Å². The minimum Gasteiger partial charge on any atom is -0.380 e. The van der Waals surface area contributed by atoms with Crippen molar-refractivity contribution in [2.45, 2.75) is 51.2 Å². The first-order valence-corrected chi connectivity index (χ1v) is 14.6. The fraction of sp³-hybridized carbons (Fsp3) is 0.469. The second-order valence-corrected chi connectivity index (χ2v) is 11.0. The van der Waals surface area contributed by atoms with E-state index in [0.29, 0.717) is 24.2 Å². The third-order valence-electron chi connectivity index (χ3n) is 8.69. The van der Waals surface area contributed by atoms with Gasteiger partial charge in [-0.2, -0.15) is 5.10 Å². The van der Waals surface area contributed by atoms with Crippen LogP contribution in [0.4, 0.5) is 4.39 Å². The molecule has 0 bridgehead atoms. The summed E-state index contributed by atoms with van der Waals surface area (Å²) < 4.78 is 24.0. The second-order valence-electron chi connectivity index (χ2n) is 11.0. The quantitative estimate of drug-likeness (QED) is 0.256. The number of hydrogen-bond acceptors (Lipinski definition) is 4. The van der Waals surface area contributed by atoms with Crippen LogP contribution in [0.2, 0.25) is 0 Å². The Hall–Kier alpha value is -3.00. The molecule has 2 aromatic carbocycles. The number of ether oxygens (including phenoxy) is 1. The number of hydrogen-bond donors (Lipinski definition) is 0. The first-order valence-electron chi connectivity index (χ1n) is 14.6. The molecule has 39 heavy (non-hydrogen) atoms. The third-order valence-corrected chi connectivity index (χ3v) is 8.69. The summed E-state index contributed by atoms with van der Waals surface area (Å²) in [6.07, 6.45) is 9.08. The van der Waals surface area contributed by atoms with Gasteiger partial charge in [0, 0.05) is 79.8 Å². The van der Waals surface area contributed by atoms with Crippen molar-refractivity contribution in [1.82, 2.24) is 24.1 Å². The molecular formula is C32H40FN5O. The number of nitrogens with zero attached hydrogens (tertiary/aromatic N) is 5. The molecule has 1 saturated carbocycles. The van der Waals surface area contributed by atoms with Gasteiger partial charge in [-0.25, -0.2) is 4.39 Å². The Morgan fingerprint density at radius 2 is 1.69 bits per heavy atom. The molecule has 4 aromatic rings. The molecule has 2 aliphatic rings. The van der Waals surface area contributed by atoms with E-state index in [2.05, 4.69) is 62.5 Å². The molecule has 1 aliphatic carbocycles. The summed E-state index contributed by atoms with van der Waals surface area (Å²) in [4.78, 5) is 5.26. The molecule has 3 heterocycles. The van der Waals surface area contributed by atoms with Crippen LogP contribution in [0.5, 0.6) is 0 Å². The standard InChI is InChI=1S/C32H40FN5O/c1-2-39-22-21-35-17-19-36(20-18-35)28-8-10-29(11-9-28)38-16-14-31(34-38)25-7-12-32-26(23-25)13-15-37(32)24-27-5-3-4-6-30(27)33/h3-7,12-16,23,28-29H,2,8-11,17-22,24H2,1H3. The van der Waals surface area contributed by atoms with Crippen molar-refractivity contribution >= 4 is 10.9 Å². The Bertz CT molecular complexity index is 1360. The molecule has 0 unspecified atom stereocenters. The van der Waals surface area contributed by atoms with Gasteiger partial charge in [0.1, 0.15) is 5.82 Å². The lowest BCUT2D eigenvalue weighted by atomic mass is 9.90. The van der Waals surface area contributed by atoms with Crippen molar-refractivity contribution in [2.75, 3.05) is 45.9 Å². The van der Waals surface area contributed by atoms with Gasteiger partial charge in [0.15, 0.2) is 0 Å². The zero-order chi connectivity index (χ0) is 26.6. The van der Waals surface area contributed by atoms with Crippen molar-refractivity contribution in [3.05, 3.63) is 78.4 Å². The topological polar surface area (TPSA) is 38.5 Å². The lowest BCUT2D eigenvalue weighted by Gasteiger charge is -2.42. The molecule has 2 aromatic heterocycles. The van der Waals surface area contributed by atoms with E-state index < -0.39 is 0 Å². The molecule has 0 spiro atoms. The Kier molecular flexibility index (Phi) is 8.09. The van der Waals surface area contributed by atoms with E-state index in [9.17, 15) is 4.39 Å². The maximum Gasteiger partial charge on any atom is 0.128 e. The summed E-state index contributed by atoms with van der Waals surface area (Å²) in [5, 5.41) is 6.16. The van der Waals surface area contributed by atoms with E-state index in [4.69, 9.17) is 9.84 Å². The van der Waals surface area contributed by atoms with E-state index in [1.54, 1.807) is 6.07 Å². The molecule has 2 fully saturated rings. The zero-order valence-electron chi connectivity index (χ0n) is 23.0. The molecule has 7 heteroatoms. The summed E-state index contributed by atoms with van der Waals surface area (Å²) in [5.41, 5.74) is 3.95. The molecule has 206 valence electrons. The Labute approximate surface area is 231 Å². The second kappa shape index (κ2) is 12.0. The van der Waals surface area contributed by atoms with Crippen LogP contribution in [0.3, 0.4) is 0 Å². The summed E-state index contributed by atoms with van der Waals surface area (Å²) >= 11 is 0. The number of benzene rings is 2. The van der Waals surface area contributed by atoms with Gasteiger partial charge in [0.25, 0.3) is 0 Å². The maximum absolute atomic E-state index is 14.2. The van der Waals surface area contributed by atoms with Crippen molar-refractivity contribution in [3.63, 3.8) is 0 Å². The minimum atomic E-state index is -0.161. The number of rotatable bonds is 9. The van der Waals surface area contributed by atoms with Gasteiger partial charge in [0.05, 0.1) is 24.9 Å². The monoisotopic (exact) mass is 529 g/mol. The molecule has 0 atom stereocenters. The normalized spacial score (nSPS) is 21.1. The van der Waals surface area contributed by atoms with Gasteiger partial charge in [-0.05, 0) is 62.9 Å². The molecule has 0 radical (unpaired) electrons. The average molecular weight is 530 g/mol. The van der Waals surface area contributed by atoms with Gasteiger partial charge in [0.2, 0.25) is 0 Å². The highest BCUT2D eigenvalue weighted by molar-refractivity contribution is 5.85. The lowest BCUT2D eigenvalue weighted by molar-refractivity contribution is 0.0505. The number of aromatic nitrogens is 3. The predicted octanol–water partition coefficient (Wildman–Crippen LogP) is 5.83. The molecule has 1 aliphatic heterocycles. The SMILES string of the molecule is CCOCCN1CCN(C2CCC(n3ccc(-c4ccc5c(ccn5Cc5ccccc5F)c4)n3)CC2)CC1. The van der Waals surface area contributed by atoms with E-state index in [0.717, 1.165) is 55.0 Å². The number of halogens is 1. The average Bonchev–Trinajstić information content (AvgIpc) is 3.63. The van der Waals surface area contributed by atoms with Gasteiger partial charge in [-0.15, -0.1) is 0 Å². The first kappa shape index (κ1) is 26.2. The van der Waals surface area contributed by atoms with Crippen LogP contribution in [0.25, 0.3) is 22.2 Å². The van der Waals surface area contributed by atoms with Crippen molar-refractivity contribution < 1.29 is 9.13 Å². The molecule has 0 N–H and O–H groups in total. The van der Waals surface area contributed by atoms with Crippen LogP contribution < -0.4 is 0 Å². The van der Waals surface area contributed by atoms with Crippen LogP contribution in [0, 0.1) is 5.82 Å². The van der Waals surface area contributed by atoms with E-state index in [1.165, 1.54) is 44.8 Å². The summed E-state index contributed by atoms with van der Waals surface area (Å²) in [7, 11) is 0. The van der Waals surface area contributed by atoms with Crippen molar-refractivity contribution in [2.24, 2.45) is 0 Å². The van der Waals surface area contributed by atoms with Gasteiger partial charge in [-0.1, -0.05) is 24.3 Å². The van der Waals surface area contributed by atoms with Crippen LogP contribution in [0.15, 0.2) is 67.0 Å². The molecule has 1 saturated heterocycles. The van der Waals surface area contributed by atoms with Crippen LogP contribution >= 0.6 is 0 Å². The molecule has 0 amide bonds. The van der Waals surface area contributed by atoms with Gasteiger partial charge in [-0.3, -0.25) is 14.5 Å². The maximum atomic E-state index is 14.2. The zero-order valence-corrected chi connectivity index (χ0v) is 23.0. The highest BCUT2D eigenvalue weighted by Gasteiger charge is 2.29. The van der Waals surface area contributed by atoms with Crippen LogP contribution in [-0.2, 0) is 11.3 Å². The Balaban J connectivity index is 1.04. The number of fused-ring (bicyclic) bond motifs is 1. The van der Waals surface area contributed by atoms with E-state index in [-0.39, 0.29) is 5.82 Å². The Morgan fingerprint density at radius 3 is 2.49 bits per heavy atom. The fourth-order valence-electron chi connectivity index (χ4n) is 6.38. The smallest absolute Gasteiger partial charge is 0.128 e. The largest absolute Gasteiger partial charge is 0.380 e. The Morgan fingerprint density at radius 1 is 0.897 bits per heavy atom. The van der Waals surface area contributed by atoms with Crippen LogP contribution in [-0.4, -0.2) is 76.1 Å². The molecule has 6 rings (SSSR count). The predicted molar refractivity (Wildman–Crippen MR) is 154 cm³/mol. The van der Waals surface area contributed by atoms with E-state index >= 15 is 0 Å². The summed E-state index contributed by atoms with van der Waals surface area (Å²) in [5.74, 6) is -0.161.